The summed E-state index contributed by atoms with van der Waals surface area (Å²) in [5.41, 5.74) is 3.66. The Hall–Kier alpha value is -3.84. The smallest absolute Gasteiger partial charge is 0.237 e. The van der Waals surface area contributed by atoms with Crippen LogP contribution in [0.4, 0.5) is 5.69 Å². The van der Waals surface area contributed by atoms with Gasteiger partial charge in [0.2, 0.25) is 5.91 Å². The highest BCUT2D eigenvalue weighted by Gasteiger charge is 2.19. The number of ether oxygens (including phenoxy) is 1. The van der Waals surface area contributed by atoms with E-state index >= 15 is 0 Å². The number of aryl methyl sites for hydroxylation is 1. The molecule has 1 amide bonds. The van der Waals surface area contributed by atoms with Crippen LogP contribution in [0.25, 0.3) is 16.6 Å². The molecule has 0 aliphatic rings. The van der Waals surface area contributed by atoms with E-state index in [4.69, 9.17) is 4.74 Å². The SMILES string of the molecule is Cc1cc2nnc(S[C@H](C)C(=O)Nc3ccc(Oc4ccccc4)cc3)n2c2ccccc12. The number of carbonyl (C=O) groups excluding carboxylic acids is 1. The largest absolute Gasteiger partial charge is 0.457 e. The molecule has 0 saturated heterocycles. The molecule has 5 aromatic rings. The number of thioether (sulfide) groups is 1. The first-order valence-electron chi connectivity index (χ1n) is 10.6. The lowest BCUT2D eigenvalue weighted by molar-refractivity contribution is -0.115. The summed E-state index contributed by atoms with van der Waals surface area (Å²) in [6, 6.07) is 27.1. The van der Waals surface area contributed by atoms with E-state index in [1.54, 1.807) is 0 Å². The van der Waals surface area contributed by atoms with Crippen LogP contribution in [0.2, 0.25) is 0 Å². The van der Waals surface area contributed by atoms with Crippen LogP contribution < -0.4 is 10.1 Å². The Bertz CT molecular complexity index is 1430. The Labute approximate surface area is 195 Å². The molecule has 0 aliphatic carbocycles. The van der Waals surface area contributed by atoms with Crippen molar-refractivity contribution in [1.82, 2.24) is 14.6 Å². The van der Waals surface area contributed by atoms with Gasteiger partial charge in [0.05, 0.1) is 10.8 Å². The van der Waals surface area contributed by atoms with Crippen molar-refractivity contribution in [3.05, 3.63) is 90.5 Å². The molecule has 33 heavy (non-hydrogen) atoms. The monoisotopic (exact) mass is 454 g/mol. The van der Waals surface area contributed by atoms with Crippen molar-refractivity contribution in [2.75, 3.05) is 5.32 Å². The number of amides is 1. The molecule has 1 N–H and O–H groups in total. The first-order chi connectivity index (χ1) is 16.1. The number of nitrogens with one attached hydrogen (secondary N) is 1. The van der Waals surface area contributed by atoms with Gasteiger partial charge in [0.25, 0.3) is 0 Å². The number of rotatable bonds is 6. The second-order valence-corrected chi connectivity index (χ2v) is 9.02. The van der Waals surface area contributed by atoms with E-state index in [0.29, 0.717) is 16.6 Å². The summed E-state index contributed by atoms with van der Waals surface area (Å²) in [5, 5.41) is 13.1. The van der Waals surface area contributed by atoms with E-state index < -0.39 is 0 Å². The zero-order chi connectivity index (χ0) is 22.8. The molecule has 0 spiro atoms. The molecule has 7 heteroatoms. The van der Waals surface area contributed by atoms with Crippen LogP contribution in [0.1, 0.15) is 12.5 Å². The van der Waals surface area contributed by atoms with Gasteiger partial charge in [-0.1, -0.05) is 48.2 Å². The summed E-state index contributed by atoms with van der Waals surface area (Å²) < 4.78 is 7.81. The van der Waals surface area contributed by atoms with Gasteiger partial charge in [-0.15, -0.1) is 10.2 Å². The van der Waals surface area contributed by atoms with Crippen molar-refractivity contribution in [3.8, 4) is 11.5 Å². The van der Waals surface area contributed by atoms with Crippen LogP contribution in [0.15, 0.2) is 90.1 Å². The van der Waals surface area contributed by atoms with Crippen molar-refractivity contribution in [2.45, 2.75) is 24.3 Å². The van der Waals surface area contributed by atoms with Crippen molar-refractivity contribution >= 4 is 39.9 Å². The maximum atomic E-state index is 12.8. The summed E-state index contributed by atoms with van der Waals surface area (Å²) in [4.78, 5) is 12.8. The summed E-state index contributed by atoms with van der Waals surface area (Å²) >= 11 is 1.39. The maximum absolute atomic E-state index is 12.8. The maximum Gasteiger partial charge on any atom is 0.237 e. The first kappa shape index (κ1) is 21.0. The van der Waals surface area contributed by atoms with Crippen LogP contribution in [-0.4, -0.2) is 25.8 Å². The second kappa shape index (κ2) is 8.96. The predicted octanol–water partition coefficient (Wildman–Crippen LogP) is 6.10. The highest BCUT2D eigenvalue weighted by Crippen LogP contribution is 2.29. The third-order valence-electron chi connectivity index (χ3n) is 5.33. The van der Waals surface area contributed by atoms with Crippen LogP contribution >= 0.6 is 11.8 Å². The van der Waals surface area contributed by atoms with Crippen molar-refractivity contribution in [3.63, 3.8) is 0 Å². The van der Waals surface area contributed by atoms with Gasteiger partial charge in [0.15, 0.2) is 10.8 Å². The molecule has 0 fully saturated rings. The lowest BCUT2D eigenvalue weighted by Crippen LogP contribution is -2.22. The van der Waals surface area contributed by atoms with Gasteiger partial charge in [-0.2, -0.15) is 0 Å². The zero-order valence-corrected chi connectivity index (χ0v) is 19.0. The molecule has 2 aromatic heterocycles. The lowest BCUT2D eigenvalue weighted by atomic mass is 10.1. The fourth-order valence-corrected chi connectivity index (χ4v) is 4.50. The van der Waals surface area contributed by atoms with Crippen LogP contribution in [0.5, 0.6) is 11.5 Å². The van der Waals surface area contributed by atoms with E-state index in [1.165, 1.54) is 11.8 Å². The van der Waals surface area contributed by atoms with E-state index in [0.717, 1.165) is 27.9 Å². The van der Waals surface area contributed by atoms with E-state index in [2.05, 4.69) is 28.5 Å². The summed E-state index contributed by atoms with van der Waals surface area (Å²) in [6.07, 6.45) is 0. The Morgan fingerprint density at radius 2 is 1.64 bits per heavy atom. The minimum Gasteiger partial charge on any atom is -0.457 e. The molecular weight excluding hydrogens is 432 g/mol. The van der Waals surface area contributed by atoms with E-state index in [1.807, 2.05) is 90.2 Å². The molecular formula is C26H22N4O2S. The molecule has 0 radical (unpaired) electrons. The van der Waals surface area contributed by atoms with Crippen LogP contribution in [0.3, 0.4) is 0 Å². The number of benzene rings is 3. The highest BCUT2D eigenvalue weighted by molar-refractivity contribution is 8.00. The lowest BCUT2D eigenvalue weighted by Gasteiger charge is -2.13. The zero-order valence-electron chi connectivity index (χ0n) is 18.2. The number of anilines is 1. The minimum absolute atomic E-state index is 0.107. The molecule has 5 rings (SSSR count). The van der Waals surface area contributed by atoms with Gasteiger partial charge in [0, 0.05) is 11.1 Å². The normalized spacial score (nSPS) is 12.1. The molecule has 0 saturated carbocycles. The average Bonchev–Trinajstić information content (AvgIpc) is 3.23. The van der Waals surface area contributed by atoms with Crippen LogP contribution in [-0.2, 0) is 4.79 Å². The van der Waals surface area contributed by atoms with E-state index in [9.17, 15) is 4.79 Å². The molecule has 0 bridgehead atoms. The highest BCUT2D eigenvalue weighted by atomic mass is 32.2. The van der Waals surface area contributed by atoms with Gasteiger partial charge in [-0.05, 0) is 67.9 Å². The molecule has 2 heterocycles. The molecule has 164 valence electrons. The van der Waals surface area contributed by atoms with Gasteiger partial charge in [-0.3, -0.25) is 9.20 Å². The van der Waals surface area contributed by atoms with Crippen LogP contribution in [0, 0.1) is 6.92 Å². The molecule has 6 nitrogen and oxygen atoms in total. The molecule has 3 aromatic carbocycles. The third-order valence-corrected chi connectivity index (χ3v) is 6.37. The fraction of sp³-hybridized carbons (Fsp3) is 0.115. The second-order valence-electron chi connectivity index (χ2n) is 7.71. The molecule has 0 aliphatic heterocycles. The Morgan fingerprint density at radius 1 is 0.939 bits per heavy atom. The Balaban J connectivity index is 1.29. The summed E-state index contributed by atoms with van der Waals surface area (Å²) in [5.74, 6) is 1.37. The molecule has 0 unspecified atom stereocenters. The number of pyridine rings is 1. The number of hydrogen-bond donors (Lipinski definition) is 1. The number of hydrogen-bond acceptors (Lipinski definition) is 5. The fourth-order valence-electron chi connectivity index (χ4n) is 3.64. The predicted molar refractivity (Wildman–Crippen MR) is 132 cm³/mol. The number of carbonyl (C=O) groups is 1. The van der Waals surface area contributed by atoms with Gasteiger partial charge in [-0.25, -0.2) is 0 Å². The number of para-hydroxylation sites is 2. The van der Waals surface area contributed by atoms with Gasteiger partial charge in [0.1, 0.15) is 11.5 Å². The number of fused-ring (bicyclic) bond motifs is 3. The summed E-state index contributed by atoms with van der Waals surface area (Å²) in [7, 11) is 0. The van der Waals surface area contributed by atoms with Gasteiger partial charge >= 0.3 is 0 Å². The number of aromatic nitrogens is 3. The standard InChI is InChI=1S/C26H22N4O2S/c1-17-16-24-28-29-26(30(24)23-11-7-6-10-22(17)23)33-18(2)25(31)27-19-12-14-21(15-13-19)32-20-8-4-3-5-9-20/h3-16,18H,1-2H3,(H,27,31)/t18-/m1/s1. The quantitative estimate of drug-likeness (QED) is 0.314. The van der Waals surface area contributed by atoms with E-state index in [-0.39, 0.29) is 11.2 Å². The van der Waals surface area contributed by atoms with Gasteiger partial charge < -0.3 is 10.1 Å². The first-order valence-corrected chi connectivity index (χ1v) is 11.5. The molecule has 1 atom stereocenters. The van der Waals surface area contributed by atoms with Crippen molar-refractivity contribution in [2.24, 2.45) is 0 Å². The Kier molecular flexibility index (Phi) is 5.71. The topological polar surface area (TPSA) is 68.5 Å². The van der Waals surface area contributed by atoms with Crippen molar-refractivity contribution < 1.29 is 9.53 Å². The Morgan fingerprint density at radius 3 is 2.42 bits per heavy atom. The number of nitrogens with zero attached hydrogens (tertiary/aromatic N) is 3. The average molecular weight is 455 g/mol. The third kappa shape index (κ3) is 4.40. The summed E-state index contributed by atoms with van der Waals surface area (Å²) in [6.45, 7) is 3.93. The van der Waals surface area contributed by atoms with Crippen molar-refractivity contribution in [1.29, 1.82) is 0 Å². The minimum atomic E-state index is -0.363.